The van der Waals surface area contributed by atoms with E-state index in [1.165, 1.54) is 19.3 Å². The van der Waals surface area contributed by atoms with Crippen LogP contribution in [-0.4, -0.2) is 47.0 Å². The molecule has 4 rings (SSSR count). The van der Waals surface area contributed by atoms with Gasteiger partial charge in [0.2, 0.25) is 5.91 Å². The van der Waals surface area contributed by atoms with Gasteiger partial charge in [0.25, 0.3) is 0 Å². The molecule has 3 aliphatic rings. The molecule has 1 aromatic heterocycles. The van der Waals surface area contributed by atoms with Gasteiger partial charge in [-0.1, -0.05) is 6.42 Å². The molecule has 0 aromatic carbocycles. The molecule has 5 nitrogen and oxygen atoms in total. The van der Waals surface area contributed by atoms with Crippen LogP contribution in [0.2, 0.25) is 0 Å². The largest absolute Gasteiger partial charge is 0.355 e. The highest BCUT2D eigenvalue weighted by Gasteiger charge is 2.41. The number of aromatic nitrogens is 2. The number of carbonyl (C=O) groups excluding carboxylic acids is 1. The van der Waals surface area contributed by atoms with E-state index in [0.717, 1.165) is 55.9 Å². The quantitative estimate of drug-likeness (QED) is 0.836. The third-order valence-corrected chi connectivity index (χ3v) is 5.64. The minimum atomic E-state index is 0.140. The van der Waals surface area contributed by atoms with Crippen molar-refractivity contribution in [3.05, 3.63) is 18.1 Å². The molecule has 0 N–H and O–H groups in total. The molecule has 1 aliphatic carbocycles. The Morgan fingerprint density at radius 2 is 1.91 bits per heavy atom. The second kappa shape index (κ2) is 5.52. The lowest BCUT2D eigenvalue weighted by Crippen LogP contribution is -2.36. The molecular formula is C17H24N4O. The Morgan fingerprint density at radius 3 is 2.64 bits per heavy atom. The molecule has 5 heteroatoms. The van der Waals surface area contributed by atoms with Gasteiger partial charge in [-0.3, -0.25) is 9.78 Å². The van der Waals surface area contributed by atoms with Gasteiger partial charge in [0.05, 0.1) is 17.8 Å². The standard InChI is InChI=1S/C17H24N4O/c1-12-7-18-8-16(19-12)20-6-5-15(11-20)17(22)21-9-13-3-2-4-14(13)10-21/h7-8,13-15H,2-6,9-11H2,1H3. The molecular weight excluding hydrogens is 276 g/mol. The molecule has 2 saturated heterocycles. The Labute approximate surface area is 131 Å². The highest BCUT2D eigenvalue weighted by Crippen LogP contribution is 2.38. The Bertz CT molecular complexity index is 564. The predicted molar refractivity (Wildman–Crippen MR) is 84.5 cm³/mol. The summed E-state index contributed by atoms with van der Waals surface area (Å²) in [5.74, 6) is 2.99. The van der Waals surface area contributed by atoms with Crippen LogP contribution in [0, 0.1) is 24.7 Å². The number of hydrogen-bond acceptors (Lipinski definition) is 4. The first-order valence-electron chi connectivity index (χ1n) is 8.53. The minimum absolute atomic E-state index is 0.140. The first kappa shape index (κ1) is 14.0. The SMILES string of the molecule is Cc1cncc(N2CCC(C(=O)N3CC4CCCC4C3)C2)n1. The second-order valence-corrected chi connectivity index (χ2v) is 7.14. The molecule has 118 valence electrons. The van der Waals surface area contributed by atoms with Gasteiger partial charge in [0.15, 0.2) is 0 Å². The van der Waals surface area contributed by atoms with Crippen molar-refractivity contribution in [2.24, 2.45) is 17.8 Å². The Hall–Kier alpha value is -1.65. The fourth-order valence-electron chi connectivity index (χ4n) is 4.45. The second-order valence-electron chi connectivity index (χ2n) is 7.14. The van der Waals surface area contributed by atoms with E-state index in [9.17, 15) is 4.79 Å². The molecule has 3 unspecified atom stereocenters. The molecule has 3 heterocycles. The third-order valence-electron chi connectivity index (χ3n) is 5.64. The number of amides is 1. The zero-order valence-corrected chi connectivity index (χ0v) is 13.2. The maximum absolute atomic E-state index is 12.8. The molecule has 0 bridgehead atoms. The maximum atomic E-state index is 12.8. The Balaban J connectivity index is 1.39. The van der Waals surface area contributed by atoms with Gasteiger partial charge in [-0.15, -0.1) is 0 Å². The summed E-state index contributed by atoms with van der Waals surface area (Å²) in [6.45, 7) is 5.67. The number of aryl methyl sites for hydroxylation is 1. The van der Waals surface area contributed by atoms with Gasteiger partial charge in [-0.2, -0.15) is 0 Å². The lowest BCUT2D eigenvalue weighted by molar-refractivity contribution is -0.134. The molecule has 22 heavy (non-hydrogen) atoms. The van der Waals surface area contributed by atoms with Crippen LogP contribution in [0.1, 0.15) is 31.4 Å². The average molecular weight is 300 g/mol. The van der Waals surface area contributed by atoms with E-state index in [0.29, 0.717) is 5.91 Å². The van der Waals surface area contributed by atoms with E-state index in [-0.39, 0.29) is 5.92 Å². The van der Waals surface area contributed by atoms with Gasteiger partial charge in [-0.25, -0.2) is 4.98 Å². The first-order valence-corrected chi connectivity index (χ1v) is 8.53. The van der Waals surface area contributed by atoms with E-state index in [2.05, 4.69) is 19.8 Å². The molecule has 2 aliphatic heterocycles. The smallest absolute Gasteiger partial charge is 0.227 e. The van der Waals surface area contributed by atoms with Crippen molar-refractivity contribution in [1.29, 1.82) is 0 Å². The number of rotatable bonds is 2. The summed E-state index contributed by atoms with van der Waals surface area (Å²) in [6.07, 6.45) is 8.53. The monoisotopic (exact) mass is 300 g/mol. The summed E-state index contributed by atoms with van der Waals surface area (Å²) >= 11 is 0. The zero-order valence-electron chi connectivity index (χ0n) is 13.2. The van der Waals surface area contributed by atoms with Crippen molar-refractivity contribution >= 4 is 11.7 Å². The summed E-state index contributed by atoms with van der Waals surface area (Å²) < 4.78 is 0. The van der Waals surface area contributed by atoms with Crippen molar-refractivity contribution in [2.75, 3.05) is 31.1 Å². The summed E-state index contributed by atoms with van der Waals surface area (Å²) in [5, 5.41) is 0. The molecule has 1 aromatic rings. The molecule has 3 atom stereocenters. The maximum Gasteiger partial charge on any atom is 0.227 e. The molecule has 3 fully saturated rings. The summed E-state index contributed by atoms with van der Waals surface area (Å²) in [5.41, 5.74) is 0.930. The normalized spacial score (nSPS) is 30.9. The highest BCUT2D eigenvalue weighted by atomic mass is 16.2. The lowest BCUT2D eigenvalue weighted by Gasteiger charge is -2.22. The van der Waals surface area contributed by atoms with Crippen LogP contribution in [0.15, 0.2) is 12.4 Å². The van der Waals surface area contributed by atoms with E-state index in [1.54, 1.807) is 12.4 Å². The first-order chi connectivity index (χ1) is 10.7. The fourth-order valence-corrected chi connectivity index (χ4v) is 4.45. The van der Waals surface area contributed by atoms with Crippen molar-refractivity contribution in [2.45, 2.75) is 32.6 Å². The van der Waals surface area contributed by atoms with Gasteiger partial charge in [0, 0.05) is 32.4 Å². The number of carbonyl (C=O) groups is 1. The van der Waals surface area contributed by atoms with Gasteiger partial charge < -0.3 is 9.80 Å². The number of nitrogens with zero attached hydrogens (tertiary/aromatic N) is 4. The number of hydrogen-bond donors (Lipinski definition) is 0. The Kier molecular flexibility index (Phi) is 3.51. The fraction of sp³-hybridized carbons (Fsp3) is 0.706. The Morgan fingerprint density at radius 1 is 1.14 bits per heavy atom. The zero-order chi connectivity index (χ0) is 15.1. The average Bonchev–Trinajstić information content (AvgIpc) is 3.22. The lowest BCUT2D eigenvalue weighted by atomic mass is 10.0. The van der Waals surface area contributed by atoms with Crippen LogP contribution in [0.5, 0.6) is 0 Å². The van der Waals surface area contributed by atoms with Crippen molar-refractivity contribution in [3.63, 3.8) is 0 Å². The van der Waals surface area contributed by atoms with E-state index in [4.69, 9.17) is 0 Å². The van der Waals surface area contributed by atoms with E-state index >= 15 is 0 Å². The molecule has 0 spiro atoms. The molecule has 0 radical (unpaired) electrons. The molecule has 1 saturated carbocycles. The van der Waals surface area contributed by atoms with Crippen molar-refractivity contribution < 1.29 is 4.79 Å². The van der Waals surface area contributed by atoms with E-state index in [1.807, 2.05) is 6.92 Å². The van der Waals surface area contributed by atoms with Gasteiger partial charge in [-0.05, 0) is 38.0 Å². The van der Waals surface area contributed by atoms with Crippen LogP contribution in [0.3, 0.4) is 0 Å². The van der Waals surface area contributed by atoms with Crippen LogP contribution in [-0.2, 0) is 4.79 Å². The summed E-state index contributed by atoms with van der Waals surface area (Å²) in [4.78, 5) is 25.9. The van der Waals surface area contributed by atoms with Crippen LogP contribution >= 0.6 is 0 Å². The number of anilines is 1. The third kappa shape index (κ3) is 2.46. The topological polar surface area (TPSA) is 49.3 Å². The molecule has 1 amide bonds. The van der Waals surface area contributed by atoms with Crippen LogP contribution < -0.4 is 4.90 Å². The van der Waals surface area contributed by atoms with Crippen molar-refractivity contribution in [1.82, 2.24) is 14.9 Å². The van der Waals surface area contributed by atoms with Crippen LogP contribution in [0.4, 0.5) is 5.82 Å². The van der Waals surface area contributed by atoms with Gasteiger partial charge >= 0.3 is 0 Å². The highest BCUT2D eigenvalue weighted by molar-refractivity contribution is 5.80. The van der Waals surface area contributed by atoms with E-state index < -0.39 is 0 Å². The van der Waals surface area contributed by atoms with Gasteiger partial charge in [0.1, 0.15) is 5.82 Å². The predicted octanol–water partition coefficient (Wildman–Crippen LogP) is 1.87. The summed E-state index contributed by atoms with van der Waals surface area (Å²) in [7, 11) is 0. The minimum Gasteiger partial charge on any atom is -0.355 e. The number of likely N-dealkylation sites (tertiary alicyclic amines) is 1. The summed E-state index contributed by atoms with van der Waals surface area (Å²) in [6, 6.07) is 0. The van der Waals surface area contributed by atoms with Crippen LogP contribution in [0.25, 0.3) is 0 Å². The van der Waals surface area contributed by atoms with Crippen molar-refractivity contribution in [3.8, 4) is 0 Å². The number of fused-ring (bicyclic) bond motifs is 1.